The number of amides is 2. The van der Waals surface area contributed by atoms with Crippen LogP contribution >= 0.6 is 0 Å². The minimum atomic E-state index is -0.925. The molecule has 0 aliphatic carbocycles. The van der Waals surface area contributed by atoms with Crippen molar-refractivity contribution in [3.05, 3.63) is 35.4 Å². The van der Waals surface area contributed by atoms with Gasteiger partial charge < -0.3 is 15.3 Å². The number of carbonyl (C=O) groups excluding carboxylic acids is 2. The van der Waals surface area contributed by atoms with E-state index < -0.39 is 11.4 Å². The van der Waals surface area contributed by atoms with Crippen molar-refractivity contribution in [2.24, 2.45) is 5.41 Å². The number of nitrogens with zero attached hydrogens (tertiary/aromatic N) is 1. The summed E-state index contributed by atoms with van der Waals surface area (Å²) in [6.45, 7) is 8.41. The highest BCUT2D eigenvalue weighted by atomic mass is 16.4. The second kappa shape index (κ2) is 8.47. The molecule has 2 N–H and O–H groups in total. The first-order chi connectivity index (χ1) is 11.1. The van der Waals surface area contributed by atoms with Gasteiger partial charge in [0.1, 0.15) is 0 Å². The van der Waals surface area contributed by atoms with Crippen LogP contribution in [0.25, 0.3) is 0 Å². The van der Waals surface area contributed by atoms with Crippen LogP contribution in [0.5, 0.6) is 0 Å². The number of carboxylic acid groups (broad SMARTS) is 1. The van der Waals surface area contributed by atoms with Crippen molar-refractivity contribution in [1.29, 1.82) is 0 Å². The molecule has 0 saturated carbocycles. The van der Waals surface area contributed by atoms with Crippen molar-refractivity contribution < 1.29 is 19.5 Å². The third kappa shape index (κ3) is 6.02. The molecular formula is C18H26N2O4. The van der Waals surface area contributed by atoms with Crippen LogP contribution in [-0.2, 0) is 16.1 Å². The zero-order valence-corrected chi connectivity index (χ0v) is 14.8. The molecule has 132 valence electrons. The number of nitrogens with one attached hydrogen (secondary N) is 1. The minimum Gasteiger partial charge on any atom is -0.481 e. The molecule has 0 heterocycles. The van der Waals surface area contributed by atoms with E-state index in [0.717, 1.165) is 5.56 Å². The Morgan fingerprint density at radius 1 is 1.12 bits per heavy atom. The predicted molar refractivity (Wildman–Crippen MR) is 91.6 cm³/mol. The molecule has 6 nitrogen and oxygen atoms in total. The van der Waals surface area contributed by atoms with Crippen LogP contribution in [-0.4, -0.2) is 40.9 Å². The maximum atomic E-state index is 12.4. The summed E-state index contributed by atoms with van der Waals surface area (Å²) in [6.07, 6.45) is -0.0729. The molecule has 1 rings (SSSR count). The third-order valence-corrected chi connectivity index (χ3v) is 3.60. The Hall–Kier alpha value is -2.37. The van der Waals surface area contributed by atoms with Crippen molar-refractivity contribution >= 4 is 17.8 Å². The lowest BCUT2D eigenvalue weighted by molar-refractivity contribution is -0.137. The van der Waals surface area contributed by atoms with E-state index in [4.69, 9.17) is 5.11 Å². The van der Waals surface area contributed by atoms with Gasteiger partial charge in [-0.15, -0.1) is 0 Å². The van der Waals surface area contributed by atoms with E-state index in [1.807, 2.05) is 27.7 Å². The highest BCUT2D eigenvalue weighted by molar-refractivity contribution is 5.94. The Morgan fingerprint density at radius 3 is 2.17 bits per heavy atom. The smallest absolute Gasteiger partial charge is 0.305 e. The van der Waals surface area contributed by atoms with Gasteiger partial charge in [0.2, 0.25) is 5.91 Å². The van der Waals surface area contributed by atoms with Gasteiger partial charge >= 0.3 is 5.97 Å². The summed E-state index contributed by atoms with van der Waals surface area (Å²) in [7, 11) is 0. The van der Waals surface area contributed by atoms with Crippen molar-refractivity contribution in [3.8, 4) is 0 Å². The van der Waals surface area contributed by atoms with E-state index in [0.29, 0.717) is 18.7 Å². The molecule has 0 radical (unpaired) electrons. The number of carboxylic acids is 1. The quantitative estimate of drug-likeness (QED) is 0.801. The minimum absolute atomic E-state index is 0.0338. The number of carbonyl (C=O) groups is 3. The van der Waals surface area contributed by atoms with E-state index in [9.17, 15) is 14.4 Å². The summed E-state index contributed by atoms with van der Waals surface area (Å²) in [6, 6.07) is 6.98. The average Bonchev–Trinajstić information content (AvgIpc) is 2.52. The molecule has 0 unspecified atom stereocenters. The lowest BCUT2D eigenvalue weighted by Gasteiger charge is -2.20. The molecule has 1 aromatic rings. The van der Waals surface area contributed by atoms with Crippen LogP contribution in [0.15, 0.2) is 24.3 Å². The summed E-state index contributed by atoms with van der Waals surface area (Å²) in [5.41, 5.74) is 0.965. The molecule has 0 aliphatic heterocycles. The van der Waals surface area contributed by atoms with Crippen LogP contribution in [0.2, 0.25) is 0 Å². The number of rotatable bonds is 7. The average molecular weight is 334 g/mol. The largest absolute Gasteiger partial charge is 0.481 e. The maximum Gasteiger partial charge on any atom is 0.305 e. The van der Waals surface area contributed by atoms with Crippen molar-refractivity contribution in [3.63, 3.8) is 0 Å². The van der Waals surface area contributed by atoms with Crippen molar-refractivity contribution in [2.45, 2.75) is 40.7 Å². The zero-order valence-electron chi connectivity index (χ0n) is 14.8. The Balaban J connectivity index is 2.67. The normalized spacial score (nSPS) is 11.0. The van der Waals surface area contributed by atoms with E-state index in [1.165, 1.54) is 4.90 Å². The molecule has 6 heteroatoms. The van der Waals surface area contributed by atoms with Gasteiger partial charge in [0.15, 0.2) is 0 Å². The molecule has 0 bridgehead atoms. The molecule has 0 aromatic heterocycles. The summed E-state index contributed by atoms with van der Waals surface area (Å²) in [4.78, 5) is 36.4. The zero-order chi connectivity index (χ0) is 18.3. The van der Waals surface area contributed by atoms with Crippen LogP contribution in [0.1, 0.15) is 50.0 Å². The van der Waals surface area contributed by atoms with Crippen LogP contribution < -0.4 is 5.32 Å². The first kappa shape index (κ1) is 19.7. The molecule has 0 aliphatic rings. The van der Waals surface area contributed by atoms with Gasteiger partial charge in [-0.1, -0.05) is 32.9 Å². The number of hydrogen-bond donors (Lipinski definition) is 2. The van der Waals surface area contributed by atoms with Gasteiger partial charge in [-0.25, -0.2) is 0 Å². The van der Waals surface area contributed by atoms with Gasteiger partial charge in [-0.3, -0.25) is 14.4 Å². The standard InChI is InChI=1S/C18H26N2O4/c1-5-20(11-10-15(21)22)16(23)14-8-6-13(7-9-14)12-19-17(24)18(2,3)4/h6-9H,5,10-12H2,1-4H3,(H,19,24)(H,21,22). The Kier molecular flexibility index (Phi) is 6.95. The molecule has 0 saturated heterocycles. The summed E-state index contributed by atoms with van der Waals surface area (Å²) in [5.74, 6) is -1.15. The van der Waals surface area contributed by atoms with Crippen LogP contribution in [0, 0.1) is 5.41 Å². The Labute approximate surface area is 142 Å². The fourth-order valence-corrected chi connectivity index (χ4v) is 2.03. The van der Waals surface area contributed by atoms with Gasteiger partial charge in [0.25, 0.3) is 5.91 Å². The fraction of sp³-hybridized carbons (Fsp3) is 0.500. The van der Waals surface area contributed by atoms with Gasteiger partial charge in [0, 0.05) is 30.6 Å². The van der Waals surface area contributed by atoms with Crippen LogP contribution in [0.4, 0.5) is 0 Å². The van der Waals surface area contributed by atoms with E-state index >= 15 is 0 Å². The second-order valence-electron chi connectivity index (χ2n) is 6.66. The number of benzene rings is 1. The Bertz CT molecular complexity index is 588. The first-order valence-electron chi connectivity index (χ1n) is 8.03. The summed E-state index contributed by atoms with van der Waals surface area (Å²) >= 11 is 0. The third-order valence-electron chi connectivity index (χ3n) is 3.60. The molecule has 0 spiro atoms. The summed E-state index contributed by atoms with van der Waals surface area (Å²) in [5, 5.41) is 11.6. The van der Waals surface area contributed by atoms with E-state index in [2.05, 4.69) is 5.32 Å². The molecule has 0 fully saturated rings. The highest BCUT2D eigenvalue weighted by Crippen LogP contribution is 2.13. The lowest BCUT2D eigenvalue weighted by Crippen LogP contribution is -2.34. The molecule has 2 amide bonds. The van der Waals surface area contributed by atoms with Crippen LogP contribution in [0.3, 0.4) is 0 Å². The second-order valence-corrected chi connectivity index (χ2v) is 6.66. The molecule has 1 aromatic carbocycles. The highest BCUT2D eigenvalue weighted by Gasteiger charge is 2.20. The monoisotopic (exact) mass is 334 g/mol. The molecule has 24 heavy (non-hydrogen) atoms. The topological polar surface area (TPSA) is 86.7 Å². The SMILES string of the molecule is CCN(CCC(=O)O)C(=O)c1ccc(CNC(=O)C(C)(C)C)cc1. The number of hydrogen-bond acceptors (Lipinski definition) is 3. The maximum absolute atomic E-state index is 12.4. The van der Waals surface area contributed by atoms with Crippen molar-refractivity contribution in [2.75, 3.05) is 13.1 Å². The molecular weight excluding hydrogens is 308 g/mol. The molecule has 0 atom stereocenters. The van der Waals surface area contributed by atoms with Gasteiger partial charge in [-0.2, -0.15) is 0 Å². The predicted octanol–water partition coefficient (Wildman–Crippen LogP) is 2.29. The fourth-order valence-electron chi connectivity index (χ4n) is 2.03. The van der Waals surface area contributed by atoms with Gasteiger partial charge in [0.05, 0.1) is 6.42 Å². The first-order valence-corrected chi connectivity index (χ1v) is 8.03. The Morgan fingerprint density at radius 2 is 1.71 bits per heavy atom. The van der Waals surface area contributed by atoms with E-state index in [-0.39, 0.29) is 24.8 Å². The van der Waals surface area contributed by atoms with Gasteiger partial charge in [-0.05, 0) is 24.6 Å². The lowest BCUT2D eigenvalue weighted by atomic mass is 9.95. The summed E-state index contributed by atoms with van der Waals surface area (Å²) < 4.78 is 0. The van der Waals surface area contributed by atoms with E-state index in [1.54, 1.807) is 24.3 Å². The number of aliphatic carboxylic acids is 1. The van der Waals surface area contributed by atoms with Crippen molar-refractivity contribution in [1.82, 2.24) is 10.2 Å².